The molecule has 1 fully saturated rings. The Hall–Kier alpha value is -3.81. The minimum atomic E-state index is -0.926. The Labute approximate surface area is 232 Å². The third-order valence-corrected chi connectivity index (χ3v) is 8.44. The van der Waals surface area contributed by atoms with Gasteiger partial charge in [-0.1, -0.05) is 11.3 Å². The van der Waals surface area contributed by atoms with Crippen LogP contribution in [0.4, 0.5) is 4.39 Å². The maximum atomic E-state index is 14.4. The van der Waals surface area contributed by atoms with E-state index in [-0.39, 0.29) is 25.7 Å². The molecule has 5 rings (SSSR count). The van der Waals surface area contributed by atoms with Gasteiger partial charge in [0.15, 0.2) is 0 Å². The molecule has 1 aliphatic heterocycles. The van der Waals surface area contributed by atoms with Crippen LogP contribution < -0.4 is 16.0 Å². The Morgan fingerprint density at radius 1 is 1.20 bits per heavy atom. The lowest BCUT2D eigenvalue weighted by Gasteiger charge is -2.23. The molecule has 1 aromatic carbocycles. The first-order chi connectivity index (χ1) is 19.3. The number of rotatable bonds is 10. The number of amides is 1. The normalized spacial score (nSPS) is 16.3. The maximum Gasteiger partial charge on any atom is 0.332 e. The zero-order valence-electron chi connectivity index (χ0n) is 22.6. The molecule has 1 saturated heterocycles. The lowest BCUT2D eigenvalue weighted by Crippen LogP contribution is -2.44. The van der Waals surface area contributed by atoms with E-state index < -0.39 is 29.2 Å². The molecule has 11 nitrogen and oxygen atoms in total. The van der Waals surface area contributed by atoms with E-state index in [0.717, 1.165) is 4.57 Å². The van der Waals surface area contributed by atoms with Crippen molar-refractivity contribution in [1.82, 2.24) is 23.8 Å². The zero-order chi connectivity index (χ0) is 28.6. The Kier molecular flexibility index (Phi) is 7.88. The minimum absolute atomic E-state index is 0.0750. The molecule has 0 aliphatic carbocycles. The highest BCUT2D eigenvalue weighted by Crippen LogP contribution is 2.34. The van der Waals surface area contributed by atoms with Gasteiger partial charge in [-0.15, -0.1) is 0 Å². The van der Waals surface area contributed by atoms with Crippen LogP contribution in [0.25, 0.3) is 15.2 Å². The van der Waals surface area contributed by atoms with Gasteiger partial charge in [-0.2, -0.15) is 5.10 Å². The van der Waals surface area contributed by atoms with Gasteiger partial charge in [-0.3, -0.25) is 14.2 Å². The molecule has 0 saturated carbocycles. The second kappa shape index (κ2) is 11.4. The standard InChI is InChI=1S/C27H30FN5O6S/c1-16-22-24(35)33(19-8-11-30(2)23(19)34)27(36)31(26(22)40-25(16)32-10-5-9-29-32)15-21(39-13-12-37-3)18-14-17(28)6-7-20(18)38-4/h5-7,9-10,14,19,21H,8,11-13,15H2,1-4H3/t19-,21+/m1/s1. The fraction of sp³-hybridized carbons (Fsp3) is 0.407. The Bertz CT molecular complexity index is 1660. The lowest BCUT2D eigenvalue weighted by molar-refractivity contribution is -0.129. The van der Waals surface area contributed by atoms with Crippen molar-refractivity contribution in [2.75, 3.05) is 41.0 Å². The van der Waals surface area contributed by atoms with Gasteiger partial charge in [-0.05, 0) is 37.6 Å². The fourth-order valence-electron chi connectivity index (χ4n) is 5.08. The first kappa shape index (κ1) is 27.7. The number of aryl methyl sites for hydroxylation is 1. The van der Waals surface area contributed by atoms with Gasteiger partial charge in [0, 0.05) is 44.2 Å². The topological polar surface area (TPSA) is 110 Å². The van der Waals surface area contributed by atoms with E-state index in [2.05, 4.69) is 5.10 Å². The van der Waals surface area contributed by atoms with Gasteiger partial charge in [-0.25, -0.2) is 18.4 Å². The summed E-state index contributed by atoms with van der Waals surface area (Å²) in [6.07, 6.45) is 2.86. The smallest absolute Gasteiger partial charge is 0.332 e. The van der Waals surface area contributed by atoms with Crippen LogP contribution in [-0.2, 0) is 20.8 Å². The van der Waals surface area contributed by atoms with Crippen molar-refractivity contribution < 1.29 is 23.4 Å². The highest BCUT2D eigenvalue weighted by molar-refractivity contribution is 7.21. The van der Waals surface area contributed by atoms with Crippen molar-refractivity contribution in [3.63, 3.8) is 0 Å². The minimum Gasteiger partial charge on any atom is -0.496 e. The second-order valence-corrected chi connectivity index (χ2v) is 10.5. The molecular weight excluding hydrogens is 541 g/mol. The molecule has 0 radical (unpaired) electrons. The van der Waals surface area contributed by atoms with Crippen molar-refractivity contribution in [3.8, 4) is 10.8 Å². The zero-order valence-corrected chi connectivity index (χ0v) is 23.4. The number of methoxy groups -OCH3 is 2. The van der Waals surface area contributed by atoms with Crippen LogP contribution in [0.5, 0.6) is 5.75 Å². The van der Waals surface area contributed by atoms with Crippen molar-refractivity contribution in [2.45, 2.75) is 32.0 Å². The Balaban J connectivity index is 1.75. The van der Waals surface area contributed by atoms with Crippen molar-refractivity contribution in [1.29, 1.82) is 0 Å². The second-order valence-electron chi connectivity index (χ2n) is 9.53. The van der Waals surface area contributed by atoms with E-state index >= 15 is 0 Å². The van der Waals surface area contributed by atoms with Gasteiger partial charge in [0.2, 0.25) is 5.91 Å². The van der Waals surface area contributed by atoms with Gasteiger partial charge in [0.05, 0.1) is 32.3 Å². The highest BCUT2D eigenvalue weighted by atomic mass is 32.1. The molecule has 4 aromatic rings. The average molecular weight is 572 g/mol. The summed E-state index contributed by atoms with van der Waals surface area (Å²) in [7, 11) is 4.65. The van der Waals surface area contributed by atoms with Crippen molar-refractivity contribution in [2.24, 2.45) is 0 Å². The molecule has 1 aliphatic rings. The summed E-state index contributed by atoms with van der Waals surface area (Å²) < 4.78 is 35.3. The predicted octanol–water partition coefficient (Wildman–Crippen LogP) is 2.67. The molecule has 1 amide bonds. The Morgan fingerprint density at radius 3 is 2.65 bits per heavy atom. The number of benzene rings is 1. The number of carbonyl (C=O) groups is 1. The van der Waals surface area contributed by atoms with Gasteiger partial charge in [0.1, 0.15) is 33.5 Å². The molecule has 4 heterocycles. The molecular formula is C27H30FN5O6S. The Morgan fingerprint density at radius 2 is 2.00 bits per heavy atom. The number of thiophene rings is 1. The average Bonchev–Trinajstić information content (AvgIpc) is 3.66. The van der Waals surface area contributed by atoms with E-state index in [9.17, 15) is 18.8 Å². The van der Waals surface area contributed by atoms with Gasteiger partial charge >= 0.3 is 5.69 Å². The number of halogens is 1. The monoisotopic (exact) mass is 571 g/mol. The summed E-state index contributed by atoms with van der Waals surface area (Å²) in [6, 6.07) is 4.91. The molecule has 40 heavy (non-hydrogen) atoms. The molecule has 0 unspecified atom stereocenters. The molecule has 0 bridgehead atoms. The summed E-state index contributed by atoms with van der Waals surface area (Å²) in [4.78, 5) is 42.9. The van der Waals surface area contributed by atoms with Crippen molar-refractivity contribution in [3.05, 3.63) is 74.4 Å². The number of ether oxygens (including phenoxy) is 3. The van der Waals surface area contributed by atoms with Crippen LogP contribution in [-0.4, -0.2) is 70.7 Å². The number of likely N-dealkylation sites (tertiary alicyclic amines) is 1. The first-order valence-electron chi connectivity index (χ1n) is 12.7. The van der Waals surface area contributed by atoms with Gasteiger partial charge in [0.25, 0.3) is 5.56 Å². The van der Waals surface area contributed by atoms with E-state index in [1.807, 2.05) is 0 Å². The molecule has 3 aromatic heterocycles. The van der Waals surface area contributed by atoms with Gasteiger partial charge < -0.3 is 19.1 Å². The molecule has 2 atom stereocenters. The van der Waals surface area contributed by atoms with E-state index in [0.29, 0.717) is 45.1 Å². The summed E-state index contributed by atoms with van der Waals surface area (Å²) in [6.45, 7) is 2.57. The lowest BCUT2D eigenvalue weighted by atomic mass is 10.1. The summed E-state index contributed by atoms with van der Waals surface area (Å²) >= 11 is 1.24. The maximum absolute atomic E-state index is 14.4. The third kappa shape index (κ3) is 4.84. The number of nitrogens with zero attached hydrogens (tertiary/aromatic N) is 5. The predicted molar refractivity (Wildman–Crippen MR) is 147 cm³/mol. The molecule has 0 N–H and O–H groups in total. The molecule has 212 valence electrons. The fourth-order valence-corrected chi connectivity index (χ4v) is 6.32. The van der Waals surface area contributed by atoms with Crippen molar-refractivity contribution >= 4 is 27.5 Å². The van der Waals surface area contributed by atoms with Crippen LogP contribution in [0.3, 0.4) is 0 Å². The van der Waals surface area contributed by atoms with E-state index in [4.69, 9.17) is 14.2 Å². The number of hydrogen-bond donors (Lipinski definition) is 0. The largest absolute Gasteiger partial charge is 0.496 e. The van der Waals surface area contributed by atoms with Crippen LogP contribution in [0, 0.1) is 12.7 Å². The highest BCUT2D eigenvalue weighted by Gasteiger charge is 2.35. The summed E-state index contributed by atoms with van der Waals surface area (Å²) in [5.41, 5.74) is -0.142. The number of aromatic nitrogens is 4. The van der Waals surface area contributed by atoms with Crippen LogP contribution in [0.1, 0.15) is 29.7 Å². The number of likely N-dealkylation sites (N-methyl/N-ethyl adjacent to an activating group) is 1. The SMILES string of the molecule is COCCO[C@@H](Cn1c(=O)n([C@@H]2CCN(C)C2=O)c(=O)c2c(C)c(-n3cccn3)sc21)c1cc(F)ccc1OC. The summed E-state index contributed by atoms with van der Waals surface area (Å²) in [5, 5.41) is 5.29. The number of carbonyl (C=O) groups excluding carboxylic acids is 1. The number of hydrogen-bond acceptors (Lipinski definition) is 8. The van der Waals surface area contributed by atoms with Crippen LogP contribution in [0.15, 0.2) is 46.2 Å². The van der Waals surface area contributed by atoms with E-state index in [1.54, 1.807) is 37.1 Å². The first-order valence-corrected chi connectivity index (χ1v) is 13.6. The third-order valence-electron chi connectivity index (χ3n) is 7.13. The van der Waals surface area contributed by atoms with Crippen LogP contribution in [0.2, 0.25) is 0 Å². The quantitative estimate of drug-likeness (QED) is 0.269. The summed E-state index contributed by atoms with van der Waals surface area (Å²) in [5.74, 6) is -0.412. The molecule has 0 spiro atoms. The molecule has 13 heteroatoms. The number of fused-ring (bicyclic) bond motifs is 1. The van der Waals surface area contributed by atoms with E-state index in [1.165, 1.54) is 53.2 Å². The van der Waals surface area contributed by atoms with Crippen LogP contribution >= 0.6 is 11.3 Å².